The molecule has 0 spiro atoms. The second kappa shape index (κ2) is 4.86. The third-order valence-corrected chi connectivity index (χ3v) is 2.31. The van der Waals surface area contributed by atoms with Crippen LogP contribution in [0.3, 0.4) is 0 Å². The third-order valence-electron chi connectivity index (χ3n) is 2.31. The maximum atomic E-state index is 11.7. The highest BCUT2D eigenvalue weighted by molar-refractivity contribution is 5.36. The molecule has 88 valence electrons. The second-order valence-electron chi connectivity index (χ2n) is 3.75. The van der Waals surface area contributed by atoms with Crippen molar-refractivity contribution in [1.29, 1.82) is 0 Å². The molecule has 17 heavy (non-hydrogen) atoms. The highest BCUT2D eigenvalue weighted by atomic mass is 16.9. The fourth-order valence-electron chi connectivity index (χ4n) is 1.41. The van der Waals surface area contributed by atoms with Crippen LogP contribution in [0.1, 0.15) is 5.56 Å². The Bertz CT molecular complexity index is 496. The highest BCUT2D eigenvalue weighted by Crippen LogP contribution is 2.13. The standard InChI is InChI=1S/C13H13NO3/c1-10-5-7-13(8-6-10)17-14(16)11-3-2-4-12(15)9-11/h2-9,14-15H,1H3. The topological polar surface area (TPSA) is 57.0 Å². The predicted octanol–water partition coefficient (Wildman–Crippen LogP) is 1.71. The molecule has 2 aromatic rings. The van der Waals surface area contributed by atoms with Crippen molar-refractivity contribution in [3.8, 4) is 11.5 Å². The van der Waals surface area contributed by atoms with Crippen LogP contribution in [0.4, 0.5) is 5.69 Å². The minimum Gasteiger partial charge on any atom is -0.585 e. The molecule has 1 unspecified atom stereocenters. The smallest absolute Gasteiger partial charge is 0.191 e. The Hall–Kier alpha value is -2.04. The fraction of sp³-hybridized carbons (Fsp3) is 0.0769. The van der Waals surface area contributed by atoms with Crippen LogP contribution in [0, 0.1) is 12.1 Å². The van der Waals surface area contributed by atoms with Crippen LogP contribution in [0.2, 0.25) is 0 Å². The molecule has 4 nitrogen and oxygen atoms in total. The van der Waals surface area contributed by atoms with Crippen molar-refractivity contribution >= 4 is 5.69 Å². The Morgan fingerprint density at radius 3 is 2.47 bits per heavy atom. The molecule has 0 saturated heterocycles. The number of rotatable bonds is 3. The Balaban J connectivity index is 2.11. The van der Waals surface area contributed by atoms with E-state index in [0.717, 1.165) is 5.56 Å². The SMILES string of the molecule is Cc1ccc(O[NH+]([O-])c2cccc(O)c2)cc1. The van der Waals surface area contributed by atoms with Crippen molar-refractivity contribution in [2.45, 2.75) is 6.92 Å². The first-order valence-corrected chi connectivity index (χ1v) is 5.23. The van der Waals surface area contributed by atoms with Gasteiger partial charge in [0.05, 0.1) is 0 Å². The number of nitrogens with one attached hydrogen (secondary N) is 1. The summed E-state index contributed by atoms with van der Waals surface area (Å²) >= 11 is 0. The average Bonchev–Trinajstić information content (AvgIpc) is 2.32. The molecule has 0 aliphatic heterocycles. The lowest BCUT2D eigenvalue weighted by Gasteiger charge is -2.19. The molecule has 1 atom stereocenters. The van der Waals surface area contributed by atoms with Gasteiger partial charge in [-0.2, -0.15) is 0 Å². The summed E-state index contributed by atoms with van der Waals surface area (Å²) in [7, 11) is 0. The van der Waals surface area contributed by atoms with E-state index in [-0.39, 0.29) is 5.75 Å². The molecule has 2 aromatic carbocycles. The van der Waals surface area contributed by atoms with Crippen LogP contribution < -0.4 is 10.1 Å². The molecule has 0 aromatic heterocycles. The van der Waals surface area contributed by atoms with Crippen LogP contribution in [0.15, 0.2) is 48.5 Å². The third kappa shape index (κ3) is 2.96. The van der Waals surface area contributed by atoms with E-state index in [1.165, 1.54) is 12.1 Å². The van der Waals surface area contributed by atoms with Crippen LogP contribution >= 0.6 is 0 Å². The molecule has 0 heterocycles. The van der Waals surface area contributed by atoms with E-state index in [4.69, 9.17) is 4.84 Å². The van der Waals surface area contributed by atoms with Gasteiger partial charge in [-0.3, -0.25) is 0 Å². The predicted molar refractivity (Wildman–Crippen MR) is 63.9 cm³/mol. The van der Waals surface area contributed by atoms with Gasteiger partial charge in [-0.25, -0.2) is 0 Å². The Labute approximate surface area is 99.2 Å². The second-order valence-corrected chi connectivity index (χ2v) is 3.75. The molecule has 4 heteroatoms. The molecule has 2 N–H and O–H groups in total. The van der Waals surface area contributed by atoms with Crippen molar-refractivity contribution < 1.29 is 15.2 Å². The largest absolute Gasteiger partial charge is 0.585 e. The number of aryl methyl sites for hydroxylation is 1. The highest BCUT2D eigenvalue weighted by Gasteiger charge is 2.06. The first-order chi connectivity index (χ1) is 8.15. The van der Waals surface area contributed by atoms with Gasteiger partial charge in [0.15, 0.2) is 11.4 Å². The maximum absolute atomic E-state index is 11.7. The lowest BCUT2D eigenvalue weighted by molar-refractivity contribution is -0.963. The van der Waals surface area contributed by atoms with Gasteiger partial charge in [0.2, 0.25) is 0 Å². The quantitative estimate of drug-likeness (QED) is 0.791. The van der Waals surface area contributed by atoms with Crippen LogP contribution in [-0.4, -0.2) is 5.11 Å². The van der Waals surface area contributed by atoms with Crippen LogP contribution in [-0.2, 0) is 0 Å². The summed E-state index contributed by atoms with van der Waals surface area (Å²) in [6.45, 7) is 1.96. The zero-order valence-electron chi connectivity index (χ0n) is 9.38. The lowest BCUT2D eigenvalue weighted by atomic mass is 10.2. The van der Waals surface area contributed by atoms with E-state index in [2.05, 4.69) is 0 Å². The monoisotopic (exact) mass is 231 g/mol. The molecule has 2 rings (SSSR count). The van der Waals surface area contributed by atoms with Gasteiger partial charge in [-0.05, 0) is 25.1 Å². The van der Waals surface area contributed by atoms with Crippen molar-refractivity contribution in [1.82, 2.24) is 0 Å². The van der Waals surface area contributed by atoms with Gasteiger partial charge in [-0.15, -0.1) is 5.23 Å². The number of aromatic hydroxyl groups is 1. The van der Waals surface area contributed by atoms with E-state index in [9.17, 15) is 10.3 Å². The van der Waals surface area contributed by atoms with E-state index in [1.54, 1.807) is 24.3 Å². The summed E-state index contributed by atoms with van der Waals surface area (Å²) in [4.78, 5) is 5.16. The van der Waals surface area contributed by atoms with Gasteiger partial charge in [0.25, 0.3) is 0 Å². The number of phenolic OH excluding ortho intramolecular Hbond substituents is 1. The summed E-state index contributed by atoms with van der Waals surface area (Å²) in [5, 5.41) is 20.5. The Kier molecular flexibility index (Phi) is 3.27. The first-order valence-electron chi connectivity index (χ1n) is 5.23. The van der Waals surface area contributed by atoms with Gasteiger partial charge in [0.1, 0.15) is 5.75 Å². The Morgan fingerprint density at radius 2 is 1.82 bits per heavy atom. The fourth-order valence-corrected chi connectivity index (χ4v) is 1.41. The molecular formula is C13H13NO3. The zero-order chi connectivity index (χ0) is 12.3. The molecule has 0 saturated carbocycles. The summed E-state index contributed by atoms with van der Waals surface area (Å²) in [6.07, 6.45) is 0. The zero-order valence-corrected chi connectivity index (χ0v) is 9.38. The van der Waals surface area contributed by atoms with Crippen molar-refractivity contribution in [2.75, 3.05) is 0 Å². The van der Waals surface area contributed by atoms with Crippen LogP contribution in [0.25, 0.3) is 0 Å². The molecule has 0 aliphatic carbocycles. The molecule has 0 fully saturated rings. The summed E-state index contributed by atoms with van der Waals surface area (Å²) in [5.41, 5.74) is 1.42. The first kappa shape index (κ1) is 11.4. The van der Waals surface area contributed by atoms with Gasteiger partial charge >= 0.3 is 0 Å². The minimum absolute atomic E-state index is 0.0448. The van der Waals surface area contributed by atoms with E-state index in [0.29, 0.717) is 11.4 Å². The summed E-state index contributed by atoms with van der Waals surface area (Å²) < 4.78 is 0. The molecule has 0 aliphatic rings. The maximum Gasteiger partial charge on any atom is 0.191 e. The number of hydrogen-bond donors (Lipinski definition) is 2. The molecule has 0 bridgehead atoms. The van der Waals surface area contributed by atoms with Crippen LogP contribution in [0.5, 0.6) is 11.5 Å². The normalized spacial score (nSPS) is 12.1. The number of hydrogen-bond acceptors (Lipinski definition) is 3. The minimum atomic E-state index is -0.482. The van der Waals surface area contributed by atoms with Crippen molar-refractivity contribution in [3.05, 3.63) is 59.3 Å². The Morgan fingerprint density at radius 1 is 1.12 bits per heavy atom. The molecule has 0 radical (unpaired) electrons. The van der Waals surface area contributed by atoms with Gasteiger partial charge in [-0.1, -0.05) is 23.8 Å². The van der Waals surface area contributed by atoms with E-state index in [1.807, 2.05) is 19.1 Å². The number of quaternary nitrogens is 1. The lowest BCUT2D eigenvalue weighted by Crippen LogP contribution is -3.04. The van der Waals surface area contributed by atoms with E-state index >= 15 is 0 Å². The van der Waals surface area contributed by atoms with E-state index < -0.39 is 5.23 Å². The number of benzene rings is 2. The van der Waals surface area contributed by atoms with Crippen molar-refractivity contribution in [3.63, 3.8) is 0 Å². The molecule has 0 amide bonds. The average molecular weight is 231 g/mol. The summed E-state index contributed by atoms with van der Waals surface area (Å²) in [6, 6.07) is 13.3. The van der Waals surface area contributed by atoms with Gasteiger partial charge < -0.3 is 15.2 Å². The molecular weight excluding hydrogens is 218 g/mol. The summed E-state index contributed by atoms with van der Waals surface area (Å²) in [5.74, 6) is 0.535. The van der Waals surface area contributed by atoms with Crippen molar-refractivity contribution in [2.24, 2.45) is 0 Å². The number of phenols is 1. The van der Waals surface area contributed by atoms with Gasteiger partial charge in [0, 0.05) is 12.1 Å².